The van der Waals surface area contributed by atoms with Crippen molar-refractivity contribution in [3.05, 3.63) is 0 Å². The number of aliphatic carboxylic acids is 4. The molecule has 0 aromatic heterocycles. The van der Waals surface area contributed by atoms with Crippen molar-refractivity contribution in [1.29, 1.82) is 0 Å². The second-order valence-electron chi connectivity index (χ2n) is 3.04. The smallest absolute Gasteiger partial charge is 0.550 e. The third-order valence-corrected chi connectivity index (χ3v) is 1.40. The molecule has 2 unspecified atom stereocenters. The molecular formula is C8H12CuN2O8. The van der Waals surface area contributed by atoms with Crippen LogP contribution < -0.4 is 21.7 Å². The minimum Gasteiger partial charge on any atom is -0.550 e. The van der Waals surface area contributed by atoms with Crippen LogP contribution in [0.1, 0.15) is 12.8 Å². The molecule has 6 N–H and O–H groups in total. The van der Waals surface area contributed by atoms with Gasteiger partial charge in [0.25, 0.3) is 0 Å². The number of carboxylic acids is 4. The van der Waals surface area contributed by atoms with Gasteiger partial charge in [0.2, 0.25) is 0 Å². The molecule has 0 bridgehead atoms. The van der Waals surface area contributed by atoms with Gasteiger partial charge < -0.3 is 41.5 Å². The fraction of sp³-hybridized carbons (Fsp3) is 0.500. The Kier molecular flexibility index (Phi) is 13.5. The van der Waals surface area contributed by atoms with Crippen molar-refractivity contribution in [2.75, 3.05) is 0 Å². The summed E-state index contributed by atoms with van der Waals surface area (Å²) in [5.41, 5.74) is 9.57. The van der Waals surface area contributed by atoms with Gasteiger partial charge in [0.15, 0.2) is 0 Å². The van der Waals surface area contributed by atoms with E-state index in [1.54, 1.807) is 0 Å². The second kappa shape index (κ2) is 11.4. The van der Waals surface area contributed by atoms with Crippen molar-refractivity contribution in [3.8, 4) is 0 Å². The monoisotopic (exact) mass is 327 g/mol. The van der Waals surface area contributed by atoms with Gasteiger partial charge in [0.1, 0.15) is 6.04 Å². The molecule has 0 aliphatic heterocycles. The van der Waals surface area contributed by atoms with Crippen LogP contribution in [0, 0.1) is 0 Å². The van der Waals surface area contributed by atoms with E-state index in [0.717, 1.165) is 0 Å². The summed E-state index contributed by atoms with van der Waals surface area (Å²) in [6.07, 6.45) is -1.24. The summed E-state index contributed by atoms with van der Waals surface area (Å²) >= 11 is 0. The van der Waals surface area contributed by atoms with Crippen LogP contribution in [0.25, 0.3) is 0 Å². The van der Waals surface area contributed by atoms with Gasteiger partial charge >= 0.3 is 29.0 Å². The minimum absolute atomic E-state index is 0. The Bertz CT molecular complexity index is 303. The Labute approximate surface area is 117 Å². The van der Waals surface area contributed by atoms with E-state index in [1.807, 2.05) is 0 Å². The molecule has 19 heavy (non-hydrogen) atoms. The van der Waals surface area contributed by atoms with Gasteiger partial charge in [-0.2, -0.15) is 0 Å². The molecule has 0 saturated carbocycles. The van der Waals surface area contributed by atoms with E-state index in [4.69, 9.17) is 21.7 Å². The summed E-state index contributed by atoms with van der Waals surface area (Å²) in [4.78, 5) is 39.0. The minimum atomic E-state index is -1.58. The van der Waals surface area contributed by atoms with Crippen LogP contribution in [0.4, 0.5) is 0 Å². The summed E-state index contributed by atoms with van der Waals surface area (Å²) in [6, 6.07) is -2.75. The van der Waals surface area contributed by atoms with E-state index < -0.39 is 48.8 Å². The molecule has 0 fully saturated rings. The first kappa shape index (κ1) is 22.5. The van der Waals surface area contributed by atoms with E-state index in [1.165, 1.54) is 0 Å². The molecule has 2 atom stereocenters. The number of carboxylic acid groups (broad SMARTS) is 4. The van der Waals surface area contributed by atoms with Crippen molar-refractivity contribution in [2.45, 2.75) is 24.9 Å². The van der Waals surface area contributed by atoms with Crippen LogP contribution in [-0.4, -0.2) is 46.2 Å². The zero-order valence-corrected chi connectivity index (χ0v) is 10.3. The molecule has 113 valence electrons. The van der Waals surface area contributed by atoms with E-state index in [9.17, 15) is 29.4 Å². The molecule has 0 aliphatic carbocycles. The predicted molar refractivity (Wildman–Crippen MR) is 50.5 cm³/mol. The molecule has 0 aromatic rings. The van der Waals surface area contributed by atoms with Gasteiger partial charge in [-0.25, -0.2) is 0 Å². The summed E-state index contributed by atoms with van der Waals surface area (Å²) in [6.45, 7) is 0. The predicted octanol–water partition coefficient (Wildman–Crippen LogP) is -4.93. The number of nitrogens with two attached hydrogens (primary N) is 2. The number of rotatable bonds is 6. The van der Waals surface area contributed by atoms with Gasteiger partial charge in [0.05, 0.1) is 12.4 Å². The number of carbonyl (C=O) groups is 4. The van der Waals surface area contributed by atoms with Crippen molar-refractivity contribution < 1.29 is 56.7 Å². The van der Waals surface area contributed by atoms with Gasteiger partial charge in [0, 0.05) is 18.4 Å². The second-order valence-corrected chi connectivity index (χ2v) is 3.04. The van der Waals surface area contributed by atoms with Crippen LogP contribution in [0.3, 0.4) is 0 Å². The third-order valence-electron chi connectivity index (χ3n) is 1.40. The Morgan fingerprint density at radius 2 is 1.37 bits per heavy atom. The average Bonchev–Trinajstić information content (AvgIpc) is 2.16. The Hall–Kier alpha value is -1.68. The Morgan fingerprint density at radius 1 is 0.947 bits per heavy atom. The van der Waals surface area contributed by atoms with Crippen molar-refractivity contribution >= 4 is 23.9 Å². The van der Waals surface area contributed by atoms with E-state index in [0.29, 0.717) is 0 Å². The Morgan fingerprint density at radius 3 is 1.47 bits per heavy atom. The molecule has 0 aromatic carbocycles. The van der Waals surface area contributed by atoms with Gasteiger partial charge in [-0.05, 0) is 0 Å². The van der Waals surface area contributed by atoms with Crippen LogP contribution in [0.5, 0.6) is 0 Å². The van der Waals surface area contributed by atoms with Crippen molar-refractivity contribution in [2.24, 2.45) is 11.5 Å². The van der Waals surface area contributed by atoms with Crippen molar-refractivity contribution in [3.63, 3.8) is 0 Å². The van der Waals surface area contributed by atoms with Gasteiger partial charge in [-0.15, -0.1) is 0 Å². The van der Waals surface area contributed by atoms with Crippen LogP contribution in [0.2, 0.25) is 0 Å². The molecule has 1 radical (unpaired) electrons. The SMILES string of the molecule is NC(CC(=O)O)C(=O)O.NC(CC(=O)[O-])C(=O)[O-].[Cu+2]. The summed E-state index contributed by atoms with van der Waals surface area (Å²) in [7, 11) is 0. The molecule has 10 nitrogen and oxygen atoms in total. The van der Waals surface area contributed by atoms with Crippen molar-refractivity contribution in [1.82, 2.24) is 0 Å². The largest absolute Gasteiger partial charge is 2.00 e. The quantitative estimate of drug-likeness (QED) is 0.341. The van der Waals surface area contributed by atoms with Crippen LogP contribution in [0.15, 0.2) is 0 Å². The molecule has 0 rings (SSSR count). The summed E-state index contributed by atoms with van der Waals surface area (Å²) in [5, 5.41) is 35.4. The first-order valence-corrected chi connectivity index (χ1v) is 4.44. The molecule has 11 heteroatoms. The molecular weight excluding hydrogens is 316 g/mol. The third kappa shape index (κ3) is 16.3. The average molecular weight is 328 g/mol. The zero-order chi connectivity index (χ0) is 14.9. The number of carbonyl (C=O) groups excluding carboxylic acids is 2. The topological polar surface area (TPSA) is 207 Å². The maximum absolute atomic E-state index is 9.85. The van der Waals surface area contributed by atoms with Gasteiger partial charge in [-0.3, -0.25) is 9.59 Å². The molecule has 0 aliphatic rings. The summed E-state index contributed by atoms with van der Waals surface area (Å²) in [5.74, 6) is -5.58. The van der Waals surface area contributed by atoms with E-state index in [2.05, 4.69) is 0 Å². The first-order valence-electron chi connectivity index (χ1n) is 4.44. The van der Waals surface area contributed by atoms with E-state index in [-0.39, 0.29) is 17.1 Å². The number of hydrogen-bond donors (Lipinski definition) is 4. The fourth-order valence-corrected chi connectivity index (χ4v) is 0.538. The maximum atomic E-state index is 9.85. The zero-order valence-electron chi connectivity index (χ0n) is 9.37. The summed E-state index contributed by atoms with van der Waals surface area (Å²) < 4.78 is 0. The molecule has 0 amide bonds. The molecule has 0 heterocycles. The fourth-order valence-electron chi connectivity index (χ4n) is 0.538. The first-order chi connectivity index (χ1) is 8.07. The number of hydrogen-bond acceptors (Lipinski definition) is 8. The standard InChI is InChI=1S/2C4H7NO4.Cu/c2*5-2(4(8)9)1-3(6)7;/h2*2H,1,5H2,(H,6,7)(H,8,9);/q;;+2/p-2. The van der Waals surface area contributed by atoms with E-state index >= 15 is 0 Å². The maximum Gasteiger partial charge on any atom is 2.00 e. The normalized spacial score (nSPS) is 11.9. The van der Waals surface area contributed by atoms with Crippen LogP contribution >= 0.6 is 0 Å². The van der Waals surface area contributed by atoms with Gasteiger partial charge in [-0.1, -0.05) is 0 Å². The molecule has 0 saturated heterocycles. The Balaban J connectivity index is -0.000000256. The van der Waals surface area contributed by atoms with Crippen LogP contribution in [-0.2, 0) is 36.2 Å². The molecule has 0 spiro atoms.